The van der Waals surface area contributed by atoms with Crippen molar-refractivity contribution in [2.75, 3.05) is 33.2 Å². The first-order chi connectivity index (χ1) is 13.6. The average molecular weight is 386 g/mol. The zero-order chi connectivity index (χ0) is 19.5. The van der Waals surface area contributed by atoms with E-state index in [2.05, 4.69) is 19.8 Å². The number of piperidine rings is 2. The monoisotopic (exact) mass is 385 g/mol. The lowest BCUT2D eigenvalue weighted by Crippen LogP contribution is -2.51. The van der Waals surface area contributed by atoms with Crippen molar-refractivity contribution >= 4 is 11.8 Å². The second-order valence-corrected chi connectivity index (χ2v) is 8.56. The molecular weight excluding hydrogens is 354 g/mol. The molecule has 0 aromatic carbocycles. The summed E-state index contributed by atoms with van der Waals surface area (Å²) in [6.07, 6.45) is 11.3. The Labute approximate surface area is 167 Å². The topological polar surface area (TPSA) is 69.6 Å². The molecule has 7 nitrogen and oxygen atoms in total. The van der Waals surface area contributed by atoms with Crippen LogP contribution in [0, 0.1) is 11.8 Å². The summed E-state index contributed by atoms with van der Waals surface area (Å²) in [4.78, 5) is 39.9. The van der Waals surface area contributed by atoms with E-state index in [4.69, 9.17) is 0 Å². The van der Waals surface area contributed by atoms with Gasteiger partial charge in [-0.25, -0.2) is 0 Å². The Hall–Kier alpha value is -2.02. The second kappa shape index (κ2) is 8.55. The third-order valence-corrected chi connectivity index (χ3v) is 6.41. The summed E-state index contributed by atoms with van der Waals surface area (Å²) < 4.78 is 0. The van der Waals surface area contributed by atoms with E-state index in [1.54, 1.807) is 23.5 Å². The molecule has 3 heterocycles. The molecule has 1 aromatic rings. The molecule has 4 rings (SSSR count). The van der Waals surface area contributed by atoms with Gasteiger partial charge in [0.05, 0.1) is 24.4 Å². The van der Waals surface area contributed by atoms with Gasteiger partial charge in [0.2, 0.25) is 11.8 Å². The Balaban J connectivity index is 1.28. The second-order valence-electron chi connectivity index (χ2n) is 8.56. The van der Waals surface area contributed by atoms with Crippen molar-refractivity contribution in [3.63, 3.8) is 0 Å². The summed E-state index contributed by atoms with van der Waals surface area (Å²) in [5.41, 5.74) is 0.818. The lowest BCUT2D eigenvalue weighted by atomic mass is 9.92. The van der Waals surface area contributed by atoms with Crippen LogP contribution in [0.2, 0.25) is 0 Å². The van der Waals surface area contributed by atoms with E-state index in [-0.39, 0.29) is 11.8 Å². The summed E-state index contributed by atoms with van der Waals surface area (Å²) in [6.45, 7) is 4.16. The Bertz CT molecular complexity index is 685. The summed E-state index contributed by atoms with van der Waals surface area (Å²) in [6, 6.07) is 0.504. The molecule has 2 amide bonds. The molecule has 152 valence electrons. The number of hydrogen-bond donors (Lipinski definition) is 0. The molecule has 1 saturated carbocycles. The predicted molar refractivity (Wildman–Crippen MR) is 105 cm³/mol. The molecule has 2 aliphatic heterocycles. The molecule has 3 fully saturated rings. The molecule has 3 aliphatic rings. The molecule has 0 spiro atoms. The Morgan fingerprint density at radius 2 is 1.86 bits per heavy atom. The standard InChI is InChI=1S/C21H31N5O2/c1-24(15-18-13-22-8-9-23-18)20(27)17-3-2-10-26(14-17)19-6-11-25(12-7-19)21(28)16-4-5-16/h8-9,13,16-17,19H,2-7,10-12,14-15H2,1H3/t17-/m1/s1. The molecule has 0 radical (unpaired) electrons. The number of rotatable bonds is 5. The first kappa shape index (κ1) is 19.3. The lowest BCUT2D eigenvalue weighted by molar-refractivity contribution is -0.137. The fourth-order valence-electron chi connectivity index (χ4n) is 4.62. The number of nitrogens with zero attached hydrogens (tertiary/aromatic N) is 5. The zero-order valence-corrected chi connectivity index (χ0v) is 16.8. The summed E-state index contributed by atoms with van der Waals surface area (Å²) in [7, 11) is 1.86. The Kier molecular flexibility index (Phi) is 5.90. The van der Waals surface area contributed by atoms with Crippen LogP contribution in [0.15, 0.2) is 18.6 Å². The minimum Gasteiger partial charge on any atom is -0.342 e. The molecule has 0 N–H and O–H groups in total. The van der Waals surface area contributed by atoms with Crippen LogP contribution in [0.3, 0.4) is 0 Å². The van der Waals surface area contributed by atoms with Gasteiger partial charge in [0.25, 0.3) is 0 Å². The largest absolute Gasteiger partial charge is 0.342 e. The lowest BCUT2D eigenvalue weighted by Gasteiger charge is -2.42. The van der Waals surface area contributed by atoms with Crippen LogP contribution >= 0.6 is 0 Å². The van der Waals surface area contributed by atoms with E-state index < -0.39 is 0 Å². The molecule has 0 bridgehead atoms. The van der Waals surface area contributed by atoms with Gasteiger partial charge in [-0.3, -0.25) is 24.5 Å². The minimum atomic E-state index is 0.0570. The maximum atomic E-state index is 13.0. The molecule has 2 saturated heterocycles. The molecular formula is C21H31N5O2. The smallest absolute Gasteiger partial charge is 0.227 e. The number of aromatic nitrogens is 2. The highest BCUT2D eigenvalue weighted by molar-refractivity contribution is 5.81. The highest BCUT2D eigenvalue weighted by atomic mass is 16.2. The van der Waals surface area contributed by atoms with Crippen LogP contribution in [0.25, 0.3) is 0 Å². The summed E-state index contributed by atoms with van der Waals surface area (Å²) in [5, 5.41) is 0. The van der Waals surface area contributed by atoms with E-state index in [1.165, 1.54) is 0 Å². The molecule has 1 atom stereocenters. The highest BCUT2D eigenvalue weighted by Crippen LogP contribution is 2.32. The van der Waals surface area contributed by atoms with Gasteiger partial charge in [-0.05, 0) is 45.1 Å². The fraction of sp³-hybridized carbons (Fsp3) is 0.714. The molecule has 0 unspecified atom stereocenters. The molecule has 7 heteroatoms. The van der Waals surface area contributed by atoms with Crippen LogP contribution in [0.4, 0.5) is 0 Å². The van der Waals surface area contributed by atoms with Crippen molar-refractivity contribution in [1.29, 1.82) is 0 Å². The van der Waals surface area contributed by atoms with E-state index >= 15 is 0 Å². The first-order valence-electron chi connectivity index (χ1n) is 10.6. The first-order valence-corrected chi connectivity index (χ1v) is 10.6. The van der Waals surface area contributed by atoms with E-state index in [9.17, 15) is 9.59 Å². The molecule has 1 aromatic heterocycles. The van der Waals surface area contributed by atoms with E-state index in [1.807, 2.05) is 7.05 Å². The Morgan fingerprint density at radius 1 is 1.07 bits per heavy atom. The summed E-state index contributed by atoms with van der Waals surface area (Å²) >= 11 is 0. The van der Waals surface area contributed by atoms with Gasteiger partial charge in [0.1, 0.15) is 0 Å². The van der Waals surface area contributed by atoms with Gasteiger partial charge in [-0.1, -0.05) is 0 Å². The van der Waals surface area contributed by atoms with Gasteiger partial charge in [0.15, 0.2) is 0 Å². The van der Waals surface area contributed by atoms with Gasteiger partial charge in [-0.2, -0.15) is 0 Å². The van der Waals surface area contributed by atoms with Crippen molar-refractivity contribution in [3.05, 3.63) is 24.3 Å². The quantitative estimate of drug-likeness (QED) is 0.769. The van der Waals surface area contributed by atoms with Crippen LogP contribution in [-0.2, 0) is 16.1 Å². The zero-order valence-electron chi connectivity index (χ0n) is 16.8. The third kappa shape index (κ3) is 4.51. The number of carbonyl (C=O) groups is 2. The third-order valence-electron chi connectivity index (χ3n) is 6.41. The van der Waals surface area contributed by atoms with Crippen LogP contribution < -0.4 is 0 Å². The number of amides is 2. The number of likely N-dealkylation sites (tertiary alicyclic amines) is 2. The maximum Gasteiger partial charge on any atom is 0.227 e. The van der Waals surface area contributed by atoms with Crippen molar-refractivity contribution in [2.24, 2.45) is 11.8 Å². The predicted octanol–water partition coefficient (Wildman–Crippen LogP) is 1.55. The Morgan fingerprint density at radius 3 is 2.54 bits per heavy atom. The number of carbonyl (C=O) groups excluding carboxylic acids is 2. The van der Waals surface area contributed by atoms with Crippen LogP contribution in [0.5, 0.6) is 0 Å². The van der Waals surface area contributed by atoms with E-state index in [0.29, 0.717) is 24.4 Å². The van der Waals surface area contributed by atoms with E-state index in [0.717, 1.165) is 70.4 Å². The van der Waals surface area contributed by atoms with Gasteiger partial charge in [0, 0.05) is 51.0 Å². The average Bonchev–Trinajstić information content (AvgIpc) is 3.59. The SMILES string of the molecule is CN(Cc1cnccn1)C(=O)[C@@H]1CCCN(C2CCN(C(=O)C3CC3)CC2)C1. The minimum absolute atomic E-state index is 0.0570. The van der Waals surface area contributed by atoms with Crippen molar-refractivity contribution < 1.29 is 9.59 Å². The van der Waals surface area contributed by atoms with Crippen molar-refractivity contribution in [3.8, 4) is 0 Å². The fourth-order valence-corrected chi connectivity index (χ4v) is 4.62. The van der Waals surface area contributed by atoms with Gasteiger partial charge < -0.3 is 9.80 Å². The van der Waals surface area contributed by atoms with Gasteiger partial charge >= 0.3 is 0 Å². The molecule has 28 heavy (non-hydrogen) atoms. The van der Waals surface area contributed by atoms with Crippen LogP contribution in [-0.4, -0.2) is 75.8 Å². The normalized spacial score (nSPS) is 24.2. The van der Waals surface area contributed by atoms with Crippen molar-refractivity contribution in [1.82, 2.24) is 24.7 Å². The van der Waals surface area contributed by atoms with Crippen molar-refractivity contribution in [2.45, 2.75) is 51.1 Å². The van der Waals surface area contributed by atoms with Crippen LogP contribution in [0.1, 0.15) is 44.2 Å². The van der Waals surface area contributed by atoms with Gasteiger partial charge in [-0.15, -0.1) is 0 Å². The number of hydrogen-bond acceptors (Lipinski definition) is 5. The highest BCUT2D eigenvalue weighted by Gasteiger charge is 2.37. The summed E-state index contributed by atoms with van der Waals surface area (Å²) in [5.74, 6) is 0.951. The maximum absolute atomic E-state index is 13.0. The molecule has 1 aliphatic carbocycles.